The summed E-state index contributed by atoms with van der Waals surface area (Å²) in [6.07, 6.45) is 0. The van der Waals surface area contributed by atoms with Crippen molar-refractivity contribution in [3.8, 4) is 0 Å². The average molecular weight is 133 g/mol. The Bertz CT molecular complexity index is 109. The SMILES string of the molecule is C=C(N)C(=C)NCCl. The highest BCUT2D eigenvalue weighted by Crippen LogP contribution is 1.90. The molecule has 0 saturated heterocycles. The smallest absolute Gasteiger partial charge is 0.0902 e. The van der Waals surface area contributed by atoms with Gasteiger partial charge in [-0.2, -0.15) is 0 Å². The van der Waals surface area contributed by atoms with Gasteiger partial charge < -0.3 is 11.1 Å². The van der Waals surface area contributed by atoms with Gasteiger partial charge >= 0.3 is 0 Å². The van der Waals surface area contributed by atoms with Crippen molar-refractivity contribution in [3.05, 3.63) is 24.6 Å². The summed E-state index contributed by atoms with van der Waals surface area (Å²) in [4.78, 5) is 0. The Morgan fingerprint density at radius 2 is 2.12 bits per heavy atom. The van der Waals surface area contributed by atoms with Crippen LogP contribution in [0.5, 0.6) is 0 Å². The van der Waals surface area contributed by atoms with Crippen molar-refractivity contribution in [2.45, 2.75) is 0 Å². The van der Waals surface area contributed by atoms with E-state index in [1.165, 1.54) is 0 Å². The molecule has 0 aliphatic carbocycles. The first kappa shape index (κ1) is 7.37. The van der Waals surface area contributed by atoms with E-state index >= 15 is 0 Å². The van der Waals surface area contributed by atoms with Crippen LogP contribution >= 0.6 is 11.6 Å². The summed E-state index contributed by atoms with van der Waals surface area (Å²) < 4.78 is 0. The summed E-state index contributed by atoms with van der Waals surface area (Å²) in [6, 6.07) is 0.315. The minimum atomic E-state index is 0.315. The Morgan fingerprint density at radius 1 is 1.62 bits per heavy atom. The maximum absolute atomic E-state index is 5.27. The second-order valence-corrected chi connectivity index (χ2v) is 1.58. The zero-order valence-electron chi connectivity index (χ0n) is 4.58. The summed E-state index contributed by atoms with van der Waals surface area (Å²) in [7, 11) is 0. The van der Waals surface area contributed by atoms with Crippen LogP contribution in [0.15, 0.2) is 24.6 Å². The van der Waals surface area contributed by atoms with Crippen LogP contribution in [0.25, 0.3) is 0 Å². The molecule has 0 aromatic carbocycles. The molecule has 0 saturated carbocycles. The minimum Gasteiger partial charge on any atom is -0.398 e. The van der Waals surface area contributed by atoms with Gasteiger partial charge in [-0.3, -0.25) is 0 Å². The Hall–Kier alpha value is -0.630. The second-order valence-electron chi connectivity index (χ2n) is 1.31. The fraction of sp³-hybridized carbons (Fsp3) is 0.200. The maximum Gasteiger partial charge on any atom is 0.0902 e. The minimum absolute atomic E-state index is 0.315. The monoisotopic (exact) mass is 132 g/mol. The molecule has 0 radical (unpaired) electrons. The summed E-state index contributed by atoms with van der Waals surface area (Å²) in [6.45, 7) is 6.95. The summed E-state index contributed by atoms with van der Waals surface area (Å²) >= 11 is 5.27. The number of halogens is 1. The fourth-order valence-corrected chi connectivity index (χ4v) is 0.355. The van der Waals surface area contributed by atoms with E-state index < -0.39 is 0 Å². The van der Waals surface area contributed by atoms with Gasteiger partial charge in [0.15, 0.2) is 0 Å². The van der Waals surface area contributed by atoms with Crippen molar-refractivity contribution in [2.24, 2.45) is 5.73 Å². The first-order chi connectivity index (χ1) is 3.68. The van der Waals surface area contributed by atoms with E-state index in [0.717, 1.165) is 0 Å². The summed E-state index contributed by atoms with van der Waals surface area (Å²) in [5.41, 5.74) is 6.21. The molecule has 0 bridgehead atoms. The number of nitrogens with two attached hydrogens (primary N) is 1. The van der Waals surface area contributed by atoms with Crippen LogP contribution in [-0.4, -0.2) is 6.00 Å². The highest BCUT2D eigenvalue weighted by molar-refractivity contribution is 6.17. The van der Waals surface area contributed by atoms with E-state index in [1.54, 1.807) is 0 Å². The highest BCUT2D eigenvalue weighted by atomic mass is 35.5. The molecule has 8 heavy (non-hydrogen) atoms. The molecule has 0 aliphatic heterocycles. The van der Waals surface area contributed by atoms with Gasteiger partial charge in [0.1, 0.15) is 0 Å². The molecule has 0 unspecified atom stereocenters. The van der Waals surface area contributed by atoms with Crippen molar-refractivity contribution < 1.29 is 0 Å². The van der Waals surface area contributed by atoms with Gasteiger partial charge in [-0.25, -0.2) is 0 Å². The predicted octanol–water partition coefficient (Wildman–Crippen LogP) is 0.758. The largest absolute Gasteiger partial charge is 0.398 e. The highest BCUT2D eigenvalue weighted by Gasteiger charge is 1.88. The van der Waals surface area contributed by atoms with Crippen molar-refractivity contribution in [2.75, 3.05) is 6.00 Å². The fourth-order valence-electron chi connectivity index (χ4n) is 0.194. The quantitative estimate of drug-likeness (QED) is 0.338. The number of hydrogen-bond donors (Lipinski definition) is 2. The van der Waals surface area contributed by atoms with Gasteiger partial charge in [0.2, 0.25) is 0 Å². The van der Waals surface area contributed by atoms with Gasteiger partial charge in [0.05, 0.1) is 11.7 Å². The topological polar surface area (TPSA) is 38.0 Å². The lowest BCUT2D eigenvalue weighted by Crippen LogP contribution is -2.14. The molecule has 3 N–H and O–H groups in total. The Morgan fingerprint density at radius 3 is 2.25 bits per heavy atom. The number of rotatable bonds is 3. The third kappa shape index (κ3) is 2.53. The molecule has 0 rings (SSSR count). The summed E-state index contributed by atoms with van der Waals surface area (Å²) in [5, 5.41) is 2.69. The van der Waals surface area contributed by atoms with Crippen molar-refractivity contribution in [3.63, 3.8) is 0 Å². The molecule has 0 atom stereocenters. The zero-order valence-corrected chi connectivity index (χ0v) is 5.33. The number of hydrogen-bond acceptors (Lipinski definition) is 2. The van der Waals surface area contributed by atoms with E-state index in [9.17, 15) is 0 Å². The van der Waals surface area contributed by atoms with Crippen LogP contribution in [0.2, 0.25) is 0 Å². The first-order valence-electron chi connectivity index (χ1n) is 2.12. The van der Waals surface area contributed by atoms with Crippen LogP contribution in [0.1, 0.15) is 0 Å². The van der Waals surface area contributed by atoms with Gasteiger partial charge in [0.25, 0.3) is 0 Å². The standard InChI is InChI=1S/C5H9ClN2/c1-4(7)5(2)8-3-6/h8H,1-3,7H2. The zero-order chi connectivity index (χ0) is 6.57. The Kier molecular flexibility index (Phi) is 3.12. The molecular weight excluding hydrogens is 124 g/mol. The van der Waals surface area contributed by atoms with Crippen LogP contribution in [0.4, 0.5) is 0 Å². The molecule has 3 heteroatoms. The van der Waals surface area contributed by atoms with Gasteiger partial charge in [-0.05, 0) is 0 Å². The first-order valence-corrected chi connectivity index (χ1v) is 2.65. The van der Waals surface area contributed by atoms with Gasteiger partial charge in [0, 0.05) is 5.70 Å². The third-order valence-corrected chi connectivity index (χ3v) is 0.801. The molecule has 46 valence electrons. The second kappa shape index (κ2) is 3.38. The van der Waals surface area contributed by atoms with E-state index in [0.29, 0.717) is 17.4 Å². The molecule has 0 amide bonds. The Labute approximate surface area is 54.0 Å². The van der Waals surface area contributed by atoms with Crippen LogP contribution in [0.3, 0.4) is 0 Å². The predicted molar refractivity (Wildman–Crippen MR) is 36.3 cm³/mol. The molecule has 0 spiro atoms. The lowest BCUT2D eigenvalue weighted by atomic mass is 10.4. The maximum atomic E-state index is 5.27. The van der Waals surface area contributed by atoms with Crippen LogP contribution < -0.4 is 11.1 Å². The Balaban J connectivity index is 3.49. The molecule has 0 fully saturated rings. The van der Waals surface area contributed by atoms with E-state index in [1.807, 2.05) is 0 Å². The lowest BCUT2D eigenvalue weighted by Gasteiger charge is -2.02. The molecule has 0 aromatic heterocycles. The van der Waals surface area contributed by atoms with E-state index in [2.05, 4.69) is 18.5 Å². The van der Waals surface area contributed by atoms with Crippen molar-refractivity contribution >= 4 is 11.6 Å². The molecule has 0 aliphatic rings. The van der Waals surface area contributed by atoms with Crippen LogP contribution in [0, 0.1) is 0 Å². The normalized spacial score (nSPS) is 8.12. The van der Waals surface area contributed by atoms with Crippen LogP contribution in [-0.2, 0) is 0 Å². The molecule has 2 nitrogen and oxygen atoms in total. The van der Waals surface area contributed by atoms with Crippen molar-refractivity contribution in [1.82, 2.24) is 5.32 Å². The van der Waals surface area contributed by atoms with Gasteiger partial charge in [-0.1, -0.05) is 13.2 Å². The number of nitrogens with one attached hydrogen (secondary N) is 1. The van der Waals surface area contributed by atoms with E-state index in [4.69, 9.17) is 17.3 Å². The number of alkyl halides is 1. The van der Waals surface area contributed by atoms with Gasteiger partial charge in [-0.15, -0.1) is 11.6 Å². The third-order valence-electron chi connectivity index (χ3n) is 0.668. The molecule has 0 aromatic rings. The van der Waals surface area contributed by atoms with Crippen molar-refractivity contribution in [1.29, 1.82) is 0 Å². The summed E-state index contributed by atoms with van der Waals surface area (Å²) in [5.74, 6) is 0. The van der Waals surface area contributed by atoms with E-state index in [-0.39, 0.29) is 0 Å². The lowest BCUT2D eigenvalue weighted by molar-refractivity contribution is 0.963. The molecule has 0 heterocycles. The molecular formula is C5H9ClN2. The average Bonchev–Trinajstić information content (AvgIpc) is 1.67.